The van der Waals surface area contributed by atoms with Crippen LogP contribution >= 0.6 is 11.8 Å². The third-order valence-corrected chi connectivity index (χ3v) is 7.68. The summed E-state index contributed by atoms with van der Waals surface area (Å²) in [5, 5.41) is 11.0. The Balaban J connectivity index is 1.22. The molecule has 35 heavy (non-hydrogen) atoms. The van der Waals surface area contributed by atoms with Crippen molar-refractivity contribution >= 4 is 34.5 Å². The predicted octanol–water partition coefficient (Wildman–Crippen LogP) is 3.57. The van der Waals surface area contributed by atoms with Crippen LogP contribution in [-0.2, 0) is 22.5 Å². The van der Waals surface area contributed by atoms with Crippen molar-refractivity contribution in [3.8, 4) is 5.69 Å². The number of ether oxygens (including phenoxy) is 1. The van der Waals surface area contributed by atoms with Gasteiger partial charge < -0.3 is 19.5 Å². The highest BCUT2D eigenvalue weighted by Gasteiger charge is 2.26. The molecule has 0 unspecified atom stereocenters. The average molecular weight is 489 g/mol. The summed E-state index contributed by atoms with van der Waals surface area (Å²) in [5.74, 6) is 1.25. The molecule has 0 bridgehead atoms. The second-order valence-electron chi connectivity index (χ2n) is 9.03. The molecule has 1 fully saturated rings. The minimum absolute atomic E-state index is 0.123. The third kappa shape index (κ3) is 4.30. The van der Waals surface area contributed by atoms with E-state index in [2.05, 4.69) is 74.0 Å². The lowest BCUT2D eigenvalue weighted by Gasteiger charge is -2.28. The van der Waals surface area contributed by atoms with Crippen LogP contribution in [0.1, 0.15) is 16.8 Å². The van der Waals surface area contributed by atoms with Gasteiger partial charge in [-0.25, -0.2) is 0 Å². The Bertz CT molecular complexity index is 1360. The number of nitrogens with zero attached hydrogens (tertiary/aromatic N) is 5. The van der Waals surface area contributed by atoms with Gasteiger partial charge in [0.05, 0.1) is 24.7 Å². The Morgan fingerprint density at radius 3 is 2.69 bits per heavy atom. The standard InChI is InChI=1S/C26H28N6O2S/c1-18-6-8-19(9-7-18)32-25(30-12-14-34-15-13-30)28-29-26(32)35-17-24(33)31-11-10-23-21(16-31)20-4-2-3-5-22(20)27-23/h2-9,27H,10-17H2,1H3. The maximum Gasteiger partial charge on any atom is 0.233 e. The SMILES string of the molecule is Cc1ccc(-n2c(SCC(=O)N3CCc4[nH]c5ccccc5c4C3)nnc2N2CCOCC2)cc1. The van der Waals surface area contributed by atoms with Crippen LogP contribution in [-0.4, -0.2) is 69.2 Å². The smallest absolute Gasteiger partial charge is 0.233 e. The van der Waals surface area contributed by atoms with E-state index < -0.39 is 0 Å². The number of nitrogens with one attached hydrogen (secondary N) is 1. The van der Waals surface area contributed by atoms with Crippen LogP contribution in [0.2, 0.25) is 0 Å². The largest absolute Gasteiger partial charge is 0.378 e. The quantitative estimate of drug-likeness (QED) is 0.433. The number of carbonyl (C=O) groups excluding carboxylic acids is 1. The van der Waals surface area contributed by atoms with Gasteiger partial charge in [0.15, 0.2) is 5.16 Å². The molecule has 2 aromatic carbocycles. The highest BCUT2D eigenvalue weighted by molar-refractivity contribution is 7.99. The molecule has 0 radical (unpaired) electrons. The number of thioether (sulfide) groups is 1. The second-order valence-corrected chi connectivity index (χ2v) is 9.98. The van der Waals surface area contributed by atoms with E-state index in [-0.39, 0.29) is 5.91 Å². The van der Waals surface area contributed by atoms with Crippen molar-refractivity contribution in [1.82, 2.24) is 24.6 Å². The molecule has 0 aliphatic carbocycles. The molecule has 8 nitrogen and oxygen atoms in total. The fraction of sp³-hybridized carbons (Fsp3) is 0.346. The Morgan fingerprint density at radius 1 is 1.06 bits per heavy atom. The molecule has 4 heterocycles. The van der Waals surface area contributed by atoms with E-state index in [4.69, 9.17) is 4.74 Å². The van der Waals surface area contributed by atoms with Gasteiger partial charge in [0.2, 0.25) is 11.9 Å². The van der Waals surface area contributed by atoms with Crippen molar-refractivity contribution < 1.29 is 9.53 Å². The van der Waals surface area contributed by atoms with Crippen molar-refractivity contribution in [2.75, 3.05) is 43.5 Å². The molecular formula is C26H28N6O2S. The first-order chi connectivity index (χ1) is 17.2. The molecule has 0 saturated carbocycles. The van der Waals surface area contributed by atoms with E-state index >= 15 is 0 Å². The van der Waals surface area contributed by atoms with Crippen molar-refractivity contribution in [1.29, 1.82) is 0 Å². The molecule has 0 spiro atoms. The summed E-state index contributed by atoms with van der Waals surface area (Å²) >= 11 is 1.45. The van der Waals surface area contributed by atoms with Crippen LogP contribution in [0.4, 0.5) is 5.95 Å². The van der Waals surface area contributed by atoms with Gasteiger partial charge in [-0.1, -0.05) is 47.7 Å². The minimum atomic E-state index is 0.123. The first-order valence-electron chi connectivity index (χ1n) is 12.0. The zero-order valence-electron chi connectivity index (χ0n) is 19.7. The highest BCUT2D eigenvalue weighted by Crippen LogP contribution is 2.30. The van der Waals surface area contributed by atoms with Gasteiger partial charge in [-0.15, -0.1) is 10.2 Å². The molecular weight excluding hydrogens is 460 g/mol. The summed E-state index contributed by atoms with van der Waals surface area (Å²) in [6.07, 6.45) is 0.848. The number of H-pyrrole nitrogens is 1. The summed E-state index contributed by atoms with van der Waals surface area (Å²) < 4.78 is 7.59. The lowest BCUT2D eigenvalue weighted by atomic mass is 10.0. The van der Waals surface area contributed by atoms with Gasteiger partial charge in [-0.3, -0.25) is 9.36 Å². The van der Waals surface area contributed by atoms with Crippen LogP contribution in [0.15, 0.2) is 53.7 Å². The zero-order chi connectivity index (χ0) is 23.8. The molecule has 6 rings (SSSR count). The highest BCUT2D eigenvalue weighted by atomic mass is 32.2. The van der Waals surface area contributed by atoms with Crippen molar-refractivity contribution in [3.63, 3.8) is 0 Å². The number of para-hydroxylation sites is 1. The number of aryl methyl sites for hydroxylation is 1. The number of fused-ring (bicyclic) bond motifs is 3. The van der Waals surface area contributed by atoms with Gasteiger partial charge in [0, 0.05) is 54.8 Å². The lowest BCUT2D eigenvalue weighted by molar-refractivity contribution is -0.129. The zero-order valence-corrected chi connectivity index (χ0v) is 20.6. The van der Waals surface area contributed by atoms with Gasteiger partial charge in [0.25, 0.3) is 0 Å². The third-order valence-electron chi connectivity index (χ3n) is 6.76. The Morgan fingerprint density at radius 2 is 1.86 bits per heavy atom. The molecule has 4 aromatic rings. The van der Waals surface area contributed by atoms with Gasteiger partial charge >= 0.3 is 0 Å². The van der Waals surface area contributed by atoms with E-state index in [1.165, 1.54) is 34.0 Å². The fourth-order valence-electron chi connectivity index (χ4n) is 4.84. The van der Waals surface area contributed by atoms with Gasteiger partial charge in [0.1, 0.15) is 0 Å². The second kappa shape index (κ2) is 9.39. The minimum Gasteiger partial charge on any atom is -0.378 e. The summed E-state index contributed by atoms with van der Waals surface area (Å²) in [7, 11) is 0. The monoisotopic (exact) mass is 488 g/mol. The van der Waals surface area contributed by atoms with Crippen molar-refractivity contribution in [3.05, 3.63) is 65.4 Å². The number of aromatic amines is 1. The van der Waals surface area contributed by atoms with E-state index in [1.54, 1.807) is 0 Å². The number of hydrogen-bond donors (Lipinski definition) is 1. The summed E-state index contributed by atoms with van der Waals surface area (Å²) in [4.78, 5) is 20.9. The number of hydrogen-bond acceptors (Lipinski definition) is 6. The molecule has 1 amide bonds. The molecule has 1 N–H and O–H groups in total. The van der Waals surface area contributed by atoms with E-state index in [0.717, 1.165) is 48.4 Å². The Hall–Kier alpha value is -3.30. The van der Waals surface area contributed by atoms with Crippen LogP contribution in [0, 0.1) is 6.92 Å². The summed E-state index contributed by atoms with van der Waals surface area (Å²) in [5.41, 5.74) is 5.82. The van der Waals surface area contributed by atoms with E-state index in [1.807, 2.05) is 11.0 Å². The molecule has 9 heteroatoms. The predicted molar refractivity (Wildman–Crippen MR) is 137 cm³/mol. The van der Waals surface area contributed by atoms with Crippen LogP contribution in [0.5, 0.6) is 0 Å². The topological polar surface area (TPSA) is 79.3 Å². The first-order valence-corrected chi connectivity index (χ1v) is 13.0. The number of morpholine rings is 1. The Labute approximate surface area is 208 Å². The molecule has 180 valence electrons. The molecule has 2 aliphatic heterocycles. The van der Waals surface area contributed by atoms with Crippen LogP contribution < -0.4 is 4.90 Å². The number of carbonyl (C=O) groups is 1. The van der Waals surface area contributed by atoms with E-state index in [0.29, 0.717) is 25.5 Å². The summed E-state index contributed by atoms with van der Waals surface area (Å²) in [6.45, 7) is 6.33. The molecule has 1 saturated heterocycles. The maximum atomic E-state index is 13.3. The first kappa shape index (κ1) is 22.2. The molecule has 0 atom stereocenters. The number of amides is 1. The Kier molecular flexibility index (Phi) is 5.95. The van der Waals surface area contributed by atoms with Gasteiger partial charge in [-0.2, -0.15) is 0 Å². The summed E-state index contributed by atoms with van der Waals surface area (Å²) in [6, 6.07) is 16.7. The van der Waals surface area contributed by atoms with Crippen LogP contribution in [0.25, 0.3) is 16.6 Å². The number of benzene rings is 2. The van der Waals surface area contributed by atoms with Gasteiger partial charge in [-0.05, 0) is 25.1 Å². The number of anilines is 1. The normalized spacial score (nSPS) is 16.0. The van der Waals surface area contributed by atoms with E-state index in [9.17, 15) is 4.79 Å². The number of aromatic nitrogens is 4. The molecule has 2 aromatic heterocycles. The van der Waals surface area contributed by atoms with Crippen LogP contribution in [0.3, 0.4) is 0 Å². The fourth-order valence-corrected chi connectivity index (χ4v) is 5.69. The molecule has 2 aliphatic rings. The average Bonchev–Trinajstić information content (AvgIpc) is 3.49. The van der Waals surface area contributed by atoms with Crippen molar-refractivity contribution in [2.24, 2.45) is 0 Å². The number of rotatable bonds is 5. The van der Waals surface area contributed by atoms with Crippen molar-refractivity contribution in [2.45, 2.75) is 25.0 Å². The maximum absolute atomic E-state index is 13.3. The lowest BCUT2D eigenvalue weighted by Crippen LogP contribution is -2.38.